The van der Waals surface area contributed by atoms with Crippen LogP contribution in [-0.2, 0) is 0 Å². The third-order valence-electron chi connectivity index (χ3n) is 10.2. The Bertz CT molecular complexity index is 2700. The Morgan fingerprint density at radius 2 is 0.784 bits per heavy atom. The number of hydrogen-bond donors (Lipinski definition) is 0. The van der Waals surface area contributed by atoms with Crippen LogP contribution < -0.4 is 0 Å². The molecule has 0 amide bonds. The van der Waals surface area contributed by atoms with Crippen LogP contribution in [0.4, 0.5) is 0 Å². The van der Waals surface area contributed by atoms with E-state index >= 15 is 0 Å². The highest BCUT2D eigenvalue weighted by Crippen LogP contribution is 2.38. The summed E-state index contributed by atoms with van der Waals surface area (Å²) in [6.07, 6.45) is 7.62. The van der Waals surface area contributed by atoms with Crippen LogP contribution in [0, 0.1) is 0 Å². The predicted octanol–water partition coefficient (Wildman–Crippen LogP) is 12.5. The summed E-state index contributed by atoms with van der Waals surface area (Å²) in [6.45, 7) is 0. The molecule has 3 heteroatoms. The molecule has 3 nitrogen and oxygen atoms in total. The molecule has 0 bridgehead atoms. The third-order valence-corrected chi connectivity index (χ3v) is 10.2. The van der Waals surface area contributed by atoms with E-state index < -0.39 is 0 Å². The van der Waals surface area contributed by atoms with E-state index in [9.17, 15) is 0 Å². The fraction of sp³-hybridized carbons (Fsp3) is 0. The number of para-hydroxylation sites is 1. The zero-order valence-corrected chi connectivity index (χ0v) is 27.7. The number of benzene rings is 7. The van der Waals surface area contributed by atoms with Crippen LogP contribution in [0.2, 0.25) is 0 Å². The molecule has 0 aliphatic carbocycles. The van der Waals surface area contributed by atoms with Gasteiger partial charge in [-0.15, -0.1) is 0 Å². The SMILES string of the molecule is c1ccc(-n2c3ccc(-c4ccc(-c5cccc6ccncc56)cc4)cc3c3cc(-c4ccc(-c5cccc6ccncc56)cc4)ccc32)cc1. The Morgan fingerprint density at radius 3 is 1.27 bits per heavy atom. The van der Waals surface area contributed by atoms with Gasteiger partial charge in [0.15, 0.2) is 0 Å². The molecule has 0 unspecified atom stereocenters. The second-order valence-electron chi connectivity index (χ2n) is 13.1. The first kappa shape index (κ1) is 29.1. The first-order valence-electron chi connectivity index (χ1n) is 17.3. The number of aromatic nitrogens is 3. The molecule has 0 aliphatic rings. The average Bonchev–Trinajstić information content (AvgIpc) is 3.54. The van der Waals surface area contributed by atoms with Gasteiger partial charge in [0, 0.05) is 52.0 Å². The molecule has 0 saturated heterocycles. The third kappa shape index (κ3) is 4.98. The Labute approximate surface area is 295 Å². The van der Waals surface area contributed by atoms with E-state index in [1.165, 1.54) is 87.9 Å². The lowest BCUT2D eigenvalue weighted by atomic mass is 9.96. The Hall–Kier alpha value is -6.84. The minimum atomic E-state index is 1.15. The summed E-state index contributed by atoms with van der Waals surface area (Å²) in [7, 11) is 0. The molecule has 3 aromatic heterocycles. The molecule has 0 atom stereocenters. The summed E-state index contributed by atoms with van der Waals surface area (Å²) in [6, 6.07) is 59.3. The van der Waals surface area contributed by atoms with Gasteiger partial charge in [-0.3, -0.25) is 9.97 Å². The van der Waals surface area contributed by atoms with E-state index in [0.717, 1.165) is 5.69 Å². The zero-order valence-electron chi connectivity index (χ0n) is 27.7. The van der Waals surface area contributed by atoms with Crippen molar-refractivity contribution in [2.45, 2.75) is 0 Å². The fourth-order valence-electron chi connectivity index (χ4n) is 7.65. The van der Waals surface area contributed by atoms with Gasteiger partial charge in [0.2, 0.25) is 0 Å². The highest BCUT2D eigenvalue weighted by Gasteiger charge is 2.15. The molecule has 0 saturated carbocycles. The van der Waals surface area contributed by atoms with Crippen LogP contribution in [0.1, 0.15) is 0 Å². The van der Waals surface area contributed by atoms with E-state index in [0.29, 0.717) is 0 Å². The maximum atomic E-state index is 4.39. The first-order chi connectivity index (χ1) is 25.3. The van der Waals surface area contributed by atoms with Crippen molar-refractivity contribution >= 4 is 43.4 Å². The van der Waals surface area contributed by atoms with Gasteiger partial charge in [-0.1, -0.05) is 115 Å². The number of fused-ring (bicyclic) bond motifs is 5. The van der Waals surface area contributed by atoms with Gasteiger partial charge in [0.05, 0.1) is 11.0 Å². The Balaban J connectivity index is 1.07. The number of hydrogen-bond acceptors (Lipinski definition) is 2. The monoisotopic (exact) mass is 649 g/mol. The van der Waals surface area contributed by atoms with E-state index in [-0.39, 0.29) is 0 Å². The lowest BCUT2D eigenvalue weighted by Gasteiger charge is -2.10. The molecule has 3 heterocycles. The number of pyridine rings is 2. The van der Waals surface area contributed by atoms with Crippen molar-refractivity contribution in [2.75, 3.05) is 0 Å². The van der Waals surface area contributed by atoms with Gasteiger partial charge >= 0.3 is 0 Å². The van der Waals surface area contributed by atoms with Crippen molar-refractivity contribution in [3.05, 3.63) is 189 Å². The molecule has 7 aromatic carbocycles. The van der Waals surface area contributed by atoms with Crippen LogP contribution >= 0.6 is 0 Å². The largest absolute Gasteiger partial charge is 0.309 e. The quantitative estimate of drug-likeness (QED) is 0.186. The minimum absolute atomic E-state index is 1.15. The van der Waals surface area contributed by atoms with Crippen molar-refractivity contribution in [3.8, 4) is 50.2 Å². The van der Waals surface area contributed by atoms with Crippen molar-refractivity contribution in [1.29, 1.82) is 0 Å². The molecule has 0 spiro atoms. The molecular weight excluding hydrogens is 619 g/mol. The number of rotatable bonds is 5. The van der Waals surface area contributed by atoms with Crippen molar-refractivity contribution in [1.82, 2.24) is 14.5 Å². The molecule has 10 rings (SSSR count). The molecule has 0 fully saturated rings. The predicted molar refractivity (Wildman–Crippen MR) is 213 cm³/mol. The molecule has 10 aromatic rings. The summed E-state index contributed by atoms with van der Waals surface area (Å²) >= 11 is 0. The lowest BCUT2D eigenvalue weighted by Crippen LogP contribution is -1.93. The van der Waals surface area contributed by atoms with E-state index in [1.807, 2.05) is 24.8 Å². The number of nitrogens with zero attached hydrogens (tertiary/aromatic N) is 3. The van der Waals surface area contributed by atoms with Gasteiger partial charge in [-0.2, -0.15) is 0 Å². The highest BCUT2D eigenvalue weighted by molar-refractivity contribution is 6.12. The van der Waals surface area contributed by atoms with E-state index in [2.05, 4.69) is 178 Å². The Morgan fingerprint density at radius 1 is 0.333 bits per heavy atom. The topological polar surface area (TPSA) is 30.7 Å². The first-order valence-corrected chi connectivity index (χ1v) is 17.3. The lowest BCUT2D eigenvalue weighted by molar-refractivity contribution is 1.18. The molecule has 0 N–H and O–H groups in total. The van der Waals surface area contributed by atoms with Crippen LogP contribution in [0.3, 0.4) is 0 Å². The van der Waals surface area contributed by atoms with Gasteiger partial charge in [0.25, 0.3) is 0 Å². The maximum absolute atomic E-state index is 4.39. The smallest absolute Gasteiger partial charge is 0.0541 e. The Kier molecular flexibility index (Phi) is 6.81. The fourth-order valence-corrected chi connectivity index (χ4v) is 7.65. The van der Waals surface area contributed by atoms with Gasteiger partial charge in [-0.25, -0.2) is 0 Å². The second kappa shape index (κ2) is 11.9. The molecule has 238 valence electrons. The zero-order chi connectivity index (χ0) is 33.7. The van der Waals surface area contributed by atoms with Crippen molar-refractivity contribution in [2.24, 2.45) is 0 Å². The van der Waals surface area contributed by atoms with Crippen molar-refractivity contribution < 1.29 is 0 Å². The van der Waals surface area contributed by atoms with Crippen LogP contribution in [0.25, 0.3) is 93.5 Å². The van der Waals surface area contributed by atoms with Gasteiger partial charge in [0.1, 0.15) is 0 Å². The van der Waals surface area contributed by atoms with Gasteiger partial charge in [-0.05, 0) is 104 Å². The summed E-state index contributed by atoms with van der Waals surface area (Å²) in [4.78, 5) is 8.78. The molecular formula is C48H31N3. The standard InChI is InChI=1S/C48H31N3/c1-2-8-40(9-3-1)51-47-22-20-38(32-12-16-36(17-13-32)41-10-4-6-34-24-26-49-30-45(34)41)28-43(47)44-29-39(21-23-48(44)51)33-14-18-37(19-15-33)42-11-5-7-35-25-27-50-31-46(35)42/h1-31H. The summed E-state index contributed by atoms with van der Waals surface area (Å²) in [5.74, 6) is 0. The van der Waals surface area contributed by atoms with E-state index in [4.69, 9.17) is 0 Å². The van der Waals surface area contributed by atoms with Crippen LogP contribution in [0.5, 0.6) is 0 Å². The van der Waals surface area contributed by atoms with E-state index in [1.54, 1.807) is 0 Å². The summed E-state index contributed by atoms with van der Waals surface area (Å²) < 4.78 is 2.38. The molecule has 0 aliphatic heterocycles. The highest BCUT2D eigenvalue weighted by atomic mass is 15.0. The van der Waals surface area contributed by atoms with Gasteiger partial charge < -0.3 is 4.57 Å². The molecule has 51 heavy (non-hydrogen) atoms. The minimum Gasteiger partial charge on any atom is -0.309 e. The maximum Gasteiger partial charge on any atom is 0.0541 e. The second-order valence-corrected chi connectivity index (χ2v) is 13.1. The summed E-state index contributed by atoms with van der Waals surface area (Å²) in [5, 5.41) is 7.20. The van der Waals surface area contributed by atoms with Crippen LogP contribution in [-0.4, -0.2) is 14.5 Å². The molecule has 0 radical (unpaired) electrons. The van der Waals surface area contributed by atoms with Crippen LogP contribution in [0.15, 0.2) is 189 Å². The summed E-state index contributed by atoms with van der Waals surface area (Å²) in [5.41, 5.74) is 13.1. The normalized spacial score (nSPS) is 11.5. The average molecular weight is 650 g/mol. The van der Waals surface area contributed by atoms with Crippen molar-refractivity contribution in [3.63, 3.8) is 0 Å².